The van der Waals surface area contributed by atoms with Gasteiger partial charge in [0.2, 0.25) is 0 Å². The van der Waals surface area contributed by atoms with Gasteiger partial charge < -0.3 is 4.74 Å². The van der Waals surface area contributed by atoms with Crippen molar-refractivity contribution < 1.29 is 9.53 Å². The molecule has 0 aliphatic heterocycles. The quantitative estimate of drug-likeness (QED) is 0.413. The van der Waals surface area contributed by atoms with Gasteiger partial charge in [-0.25, -0.2) is 4.79 Å². The predicted molar refractivity (Wildman–Crippen MR) is 51.7 cm³/mol. The van der Waals surface area contributed by atoms with Crippen LogP contribution in [0.5, 0.6) is 5.75 Å². The van der Waals surface area contributed by atoms with Crippen LogP contribution in [0.1, 0.15) is 6.92 Å². The second-order valence-corrected chi connectivity index (χ2v) is 2.71. The molecule has 0 aliphatic rings. The standard InChI is InChI=1S/C10H9ClO2/c1-8(7-11)10(12)13-9-5-3-2-4-6-9/h2-7H,1H3/b8-7+. The van der Waals surface area contributed by atoms with E-state index in [4.69, 9.17) is 16.3 Å². The van der Waals surface area contributed by atoms with Gasteiger partial charge in [0.25, 0.3) is 0 Å². The van der Waals surface area contributed by atoms with Crippen LogP contribution in [-0.2, 0) is 4.79 Å². The maximum absolute atomic E-state index is 11.2. The molecule has 1 aromatic carbocycles. The molecule has 0 saturated heterocycles. The second-order valence-electron chi connectivity index (χ2n) is 2.49. The number of hydrogen-bond donors (Lipinski definition) is 0. The molecule has 2 nitrogen and oxygen atoms in total. The lowest BCUT2D eigenvalue weighted by atomic mass is 10.3. The van der Waals surface area contributed by atoms with Crippen LogP contribution in [0.2, 0.25) is 0 Å². The molecule has 0 heterocycles. The molecule has 0 amide bonds. The van der Waals surface area contributed by atoms with E-state index in [1.165, 1.54) is 5.54 Å². The Balaban J connectivity index is 2.66. The molecule has 1 aromatic rings. The summed E-state index contributed by atoms with van der Waals surface area (Å²) >= 11 is 5.35. The number of ether oxygens (including phenoxy) is 1. The van der Waals surface area contributed by atoms with Crippen molar-refractivity contribution in [2.75, 3.05) is 0 Å². The van der Waals surface area contributed by atoms with Crippen LogP contribution in [0, 0.1) is 0 Å². The smallest absolute Gasteiger partial charge is 0.340 e. The molecule has 1 rings (SSSR count). The fraction of sp³-hybridized carbons (Fsp3) is 0.100. The van der Waals surface area contributed by atoms with Crippen molar-refractivity contribution in [1.82, 2.24) is 0 Å². The molecule has 0 atom stereocenters. The highest BCUT2D eigenvalue weighted by atomic mass is 35.5. The summed E-state index contributed by atoms with van der Waals surface area (Å²) in [4.78, 5) is 11.2. The zero-order chi connectivity index (χ0) is 9.68. The van der Waals surface area contributed by atoms with E-state index in [0.29, 0.717) is 11.3 Å². The lowest BCUT2D eigenvalue weighted by molar-refractivity contribution is -0.130. The van der Waals surface area contributed by atoms with Gasteiger partial charge in [0, 0.05) is 11.1 Å². The average Bonchev–Trinajstić information content (AvgIpc) is 2.18. The minimum absolute atomic E-state index is 0.380. The van der Waals surface area contributed by atoms with Gasteiger partial charge >= 0.3 is 5.97 Å². The van der Waals surface area contributed by atoms with Crippen LogP contribution in [0.4, 0.5) is 0 Å². The molecule has 68 valence electrons. The van der Waals surface area contributed by atoms with Gasteiger partial charge in [-0.3, -0.25) is 0 Å². The van der Waals surface area contributed by atoms with Gasteiger partial charge in [0.05, 0.1) is 0 Å². The number of rotatable bonds is 2. The first-order chi connectivity index (χ1) is 6.24. The van der Waals surface area contributed by atoms with E-state index in [0.717, 1.165) is 0 Å². The number of halogens is 1. The summed E-state index contributed by atoms with van der Waals surface area (Å²) in [7, 11) is 0. The van der Waals surface area contributed by atoms with E-state index in [9.17, 15) is 4.79 Å². The van der Waals surface area contributed by atoms with E-state index in [1.54, 1.807) is 31.2 Å². The van der Waals surface area contributed by atoms with Crippen LogP contribution in [0.3, 0.4) is 0 Å². The van der Waals surface area contributed by atoms with Crippen LogP contribution < -0.4 is 4.74 Å². The van der Waals surface area contributed by atoms with Crippen molar-refractivity contribution in [3.8, 4) is 5.75 Å². The average molecular weight is 197 g/mol. The van der Waals surface area contributed by atoms with E-state index in [2.05, 4.69) is 0 Å². The van der Waals surface area contributed by atoms with E-state index in [1.807, 2.05) is 6.07 Å². The number of carbonyl (C=O) groups excluding carboxylic acids is 1. The molecule has 0 spiro atoms. The highest BCUT2D eigenvalue weighted by molar-refractivity contribution is 6.27. The molecule has 0 aromatic heterocycles. The molecule has 0 bridgehead atoms. The number of carbonyl (C=O) groups is 1. The molecule has 0 radical (unpaired) electrons. The fourth-order valence-electron chi connectivity index (χ4n) is 0.721. The van der Waals surface area contributed by atoms with Gasteiger partial charge in [0.1, 0.15) is 5.75 Å². The number of benzene rings is 1. The lowest BCUT2D eigenvalue weighted by Crippen LogP contribution is -2.08. The van der Waals surface area contributed by atoms with E-state index < -0.39 is 5.97 Å². The molecular formula is C10H9ClO2. The number of para-hydroxylation sites is 1. The van der Waals surface area contributed by atoms with Crippen LogP contribution >= 0.6 is 11.6 Å². The van der Waals surface area contributed by atoms with E-state index in [-0.39, 0.29) is 0 Å². The molecule has 0 N–H and O–H groups in total. The summed E-state index contributed by atoms with van der Waals surface area (Å²) in [5, 5.41) is 0. The van der Waals surface area contributed by atoms with Crippen LogP contribution in [0.25, 0.3) is 0 Å². The van der Waals surface area contributed by atoms with Gasteiger partial charge in [0.15, 0.2) is 0 Å². The van der Waals surface area contributed by atoms with Crippen LogP contribution in [0.15, 0.2) is 41.4 Å². The Kier molecular flexibility index (Phi) is 3.53. The third-order valence-electron chi connectivity index (χ3n) is 1.44. The van der Waals surface area contributed by atoms with Crippen molar-refractivity contribution in [3.05, 3.63) is 41.4 Å². The Hall–Kier alpha value is -1.28. The monoisotopic (exact) mass is 196 g/mol. The second kappa shape index (κ2) is 4.67. The SMILES string of the molecule is C/C(=C\Cl)C(=O)Oc1ccccc1. The first kappa shape index (κ1) is 9.81. The topological polar surface area (TPSA) is 26.3 Å². The minimum Gasteiger partial charge on any atom is -0.423 e. The Morgan fingerprint density at radius 2 is 2.00 bits per heavy atom. The molecular weight excluding hydrogens is 188 g/mol. The summed E-state index contributed by atoms with van der Waals surface area (Å²) < 4.78 is 4.98. The van der Waals surface area contributed by atoms with Crippen molar-refractivity contribution in [2.24, 2.45) is 0 Å². The third kappa shape index (κ3) is 2.92. The van der Waals surface area contributed by atoms with Gasteiger partial charge in [-0.05, 0) is 19.1 Å². The minimum atomic E-state index is -0.429. The highest BCUT2D eigenvalue weighted by Gasteiger charge is 2.05. The third-order valence-corrected chi connectivity index (χ3v) is 1.77. The van der Waals surface area contributed by atoms with Crippen molar-refractivity contribution in [2.45, 2.75) is 6.92 Å². The molecule has 3 heteroatoms. The Bertz CT molecular complexity index is 317. The first-order valence-corrected chi connectivity index (χ1v) is 4.22. The van der Waals surface area contributed by atoms with Crippen molar-refractivity contribution >= 4 is 17.6 Å². The number of esters is 1. The van der Waals surface area contributed by atoms with Crippen molar-refractivity contribution in [1.29, 1.82) is 0 Å². The van der Waals surface area contributed by atoms with Crippen molar-refractivity contribution in [3.63, 3.8) is 0 Å². The van der Waals surface area contributed by atoms with Gasteiger partial charge in [-0.2, -0.15) is 0 Å². The summed E-state index contributed by atoms with van der Waals surface area (Å²) in [5.74, 6) is 0.0894. The van der Waals surface area contributed by atoms with Gasteiger partial charge in [-0.15, -0.1) is 0 Å². The maximum atomic E-state index is 11.2. The predicted octanol–water partition coefficient (Wildman–Crippen LogP) is 2.73. The molecule has 0 aliphatic carbocycles. The van der Waals surface area contributed by atoms with E-state index >= 15 is 0 Å². The summed E-state index contributed by atoms with van der Waals surface area (Å²) in [6.45, 7) is 1.60. The Morgan fingerprint density at radius 1 is 1.38 bits per heavy atom. The molecule has 13 heavy (non-hydrogen) atoms. The zero-order valence-corrected chi connectivity index (χ0v) is 7.91. The largest absolute Gasteiger partial charge is 0.423 e. The number of hydrogen-bond acceptors (Lipinski definition) is 2. The van der Waals surface area contributed by atoms with Crippen LogP contribution in [-0.4, -0.2) is 5.97 Å². The molecule has 0 fully saturated rings. The first-order valence-electron chi connectivity index (χ1n) is 3.78. The summed E-state index contributed by atoms with van der Waals surface area (Å²) in [5.41, 5.74) is 1.58. The molecule has 0 unspecified atom stereocenters. The van der Waals surface area contributed by atoms with Gasteiger partial charge in [-0.1, -0.05) is 29.8 Å². The zero-order valence-electron chi connectivity index (χ0n) is 7.16. The molecule has 0 saturated carbocycles. The summed E-state index contributed by atoms with van der Waals surface area (Å²) in [6.07, 6.45) is 0. The Labute approximate surface area is 81.8 Å². The summed E-state index contributed by atoms with van der Waals surface area (Å²) in [6, 6.07) is 8.85. The Morgan fingerprint density at radius 3 is 2.54 bits per heavy atom. The normalized spacial score (nSPS) is 11.1. The fourth-order valence-corrected chi connectivity index (χ4v) is 0.810. The lowest BCUT2D eigenvalue weighted by Gasteiger charge is -2.02. The highest BCUT2D eigenvalue weighted by Crippen LogP contribution is 2.10. The maximum Gasteiger partial charge on any atom is 0.340 e.